The molecule has 2 rings (SSSR count). The summed E-state index contributed by atoms with van der Waals surface area (Å²) < 4.78 is 13.1. The number of rotatable bonds is 7. The first-order valence-electron chi connectivity index (χ1n) is 8.10. The molecule has 1 aromatic rings. The zero-order valence-electron chi connectivity index (χ0n) is 14.0. The fourth-order valence-corrected chi connectivity index (χ4v) is 2.95. The van der Waals surface area contributed by atoms with Gasteiger partial charge in [0.2, 0.25) is 11.8 Å². The van der Waals surface area contributed by atoms with Crippen molar-refractivity contribution in [2.45, 2.75) is 19.8 Å². The highest BCUT2D eigenvalue weighted by Crippen LogP contribution is 2.28. The van der Waals surface area contributed by atoms with E-state index in [1.54, 1.807) is 0 Å². The van der Waals surface area contributed by atoms with E-state index in [0.29, 0.717) is 12.2 Å². The van der Waals surface area contributed by atoms with Crippen LogP contribution in [0.15, 0.2) is 24.3 Å². The highest BCUT2D eigenvalue weighted by Gasteiger charge is 2.34. The second kappa shape index (κ2) is 7.72. The molecule has 7 heteroatoms. The number of hydrogen-bond donors (Lipinski definition) is 2. The van der Waals surface area contributed by atoms with Crippen LogP contribution < -0.4 is 16.4 Å². The summed E-state index contributed by atoms with van der Waals surface area (Å²) in [5.74, 6) is -0.991. The number of halogens is 1. The van der Waals surface area contributed by atoms with E-state index in [2.05, 4.69) is 11.8 Å². The summed E-state index contributed by atoms with van der Waals surface area (Å²) in [6, 6.07) is 5.65. The van der Waals surface area contributed by atoms with Crippen LogP contribution in [-0.4, -0.2) is 49.4 Å². The average Bonchev–Trinajstić information content (AvgIpc) is 2.91. The van der Waals surface area contributed by atoms with E-state index in [1.165, 1.54) is 29.2 Å². The highest BCUT2D eigenvalue weighted by atomic mass is 19.1. The fraction of sp³-hybridized carbons (Fsp3) is 0.529. The topological polar surface area (TPSA) is 92.7 Å². The van der Waals surface area contributed by atoms with Gasteiger partial charge in [0.15, 0.2) is 0 Å². The van der Waals surface area contributed by atoms with Crippen molar-refractivity contribution in [1.29, 1.82) is 0 Å². The van der Waals surface area contributed by atoms with E-state index in [1.807, 2.05) is 0 Å². The van der Waals surface area contributed by atoms with Crippen LogP contribution in [0.3, 0.4) is 0 Å². The highest BCUT2D eigenvalue weighted by molar-refractivity contribution is 5.95. The normalized spacial score (nSPS) is 21.0. The van der Waals surface area contributed by atoms with Gasteiger partial charge in [-0.2, -0.15) is 0 Å². The standard InChI is InChI=1S/C17H25FN4O2/c1-17(11-19)7-9-21(12-17)10-16(24)22(8-6-15(20)23)14-4-2-13(18)3-5-14/h2-5H,6-12,19H2,1H3,(H2,20,23). The summed E-state index contributed by atoms with van der Waals surface area (Å²) in [6.07, 6.45) is 1.01. The number of nitrogens with two attached hydrogens (primary N) is 2. The van der Waals surface area contributed by atoms with Crippen LogP contribution in [0.5, 0.6) is 0 Å². The Morgan fingerprint density at radius 3 is 2.54 bits per heavy atom. The van der Waals surface area contributed by atoms with Crippen molar-refractivity contribution >= 4 is 17.5 Å². The molecular formula is C17H25FN4O2. The predicted molar refractivity (Wildman–Crippen MR) is 90.8 cm³/mol. The van der Waals surface area contributed by atoms with E-state index < -0.39 is 5.91 Å². The SMILES string of the molecule is CC1(CN)CCN(CC(=O)N(CCC(N)=O)c2ccc(F)cc2)C1. The molecule has 1 heterocycles. The van der Waals surface area contributed by atoms with Gasteiger partial charge in [-0.1, -0.05) is 6.92 Å². The Morgan fingerprint density at radius 1 is 1.33 bits per heavy atom. The minimum atomic E-state index is -0.480. The Balaban J connectivity index is 2.07. The van der Waals surface area contributed by atoms with Gasteiger partial charge in [0, 0.05) is 25.2 Å². The molecule has 1 fully saturated rings. The fourth-order valence-electron chi connectivity index (χ4n) is 2.95. The summed E-state index contributed by atoms with van der Waals surface area (Å²) in [6.45, 7) is 4.70. The smallest absolute Gasteiger partial charge is 0.241 e. The molecule has 0 saturated carbocycles. The van der Waals surface area contributed by atoms with Crippen molar-refractivity contribution in [2.75, 3.05) is 37.6 Å². The molecule has 4 N–H and O–H groups in total. The molecule has 24 heavy (non-hydrogen) atoms. The molecule has 1 atom stereocenters. The maximum Gasteiger partial charge on any atom is 0.241 e. The van der Waals surface area contributed by atoms with Gasteiger partial charge < -0.3 is 16.4 Å². The number of amides is 2. The van der Waals surface area contributed by atoms with Gasteiger partial charge in [-0.15, -0.1) is 0 Å². The second-order valence-corrected chi connectivity index (χ2v) is 6.71. The van der Waals surface area contributed by atoms with Crippen molar-refractivity contribution in [3.8, 4) is 0 Å². The molecule has 0 aliphatic carbocycles. The van der Waals surface area contributed by atoms with Crippen LogP contribution >= 0.6 is 0 Å². The quantitative estimate of drug-likeness (QED) is 0.767. The number of carbonyl (C=O) groups excluding carboxylic acids is 2. The lowest BCUT2D eigenvalue weighted by Gasteiger charge is -2.26. The molecular weight excluding hydrogens is 311 g/mol. The lowest BCUT2D eigenvalue weighted by molar-refractivity contribution is -0.120. The number of carbonyl (C=O) groups is 2. The first-order chi connectivity index (χ1) is 11.3. The Hall–Kier alpha value is -1.99. The molecule has 1 unspecified atom stereocenters. The molecule has 1 aromatic carbocycles. The number of benzene rings is 1. The summed E-state index contributed by atoms with van der Waals surface area (Å²) in [5, 5.41) is 0. The van der Waals surface area contributed by atoms with Gasteiger partial charge in [-0.3, -0.25) is 14.5 Å². The predicted octanol–water partition coefficient (Wildman–Crippen LogP) is 0.705. The molecule has 1 saturated heterocycles. The van der Waals surface area contributed by atoms with Crippen LogP contribution in [0.25, 0.3) is 0 Å². The van der Waals surface area contributed by atoms with Gasteiger partial charge >= 0.3 is 0 Å². The molecule has 0 aromatic heterocycles. The molecule has 1 aliphatic rings. The monoisotopic (exact) mass is 336 g/mol. The zero-order valence-corrected chi connectivity index (χ0v) is 14.0. The summed E-state index contributed by atoms with van der Waals surface area (Å²) in [4.78, 5) is 27.3. The van der Waals surface area contributed by atoms with E-state index in [0.717, 1.165) is 19.5 Å². The number of nitrogens with zero attached hydrogens (tertiary/aromatic N) is 2. The Kier molecular flexibility index (Phi) is 5.90. The molecule has 132 valence electrons. The van der Waals surface area contributed by atoms with Crippen molar-refractivity contribution < 1.29 is 14.0 Å². The van der Waals surface area contributed by atoms with Gasteiger partial charge in [-0.25, -0.2) is 4.39 Å². The Bertz CT molecular complexity index is 593. The first kappa shape index (κ1) is 18.4. The number of primary amides is 1. The maximum absolute atomic E-state index is 13.1. The Morgan fingerprint density at radius 2 is 2.00 bits per heavy atom. The minimum Gasteiger partial charge on any atom is -0.370 e. The second-order valence-electron chi connectivity index (χ2n) is 6.71. The molecule has 1 aliphatic heterocycles. The Labute approximate surface area is 141 Å². The van der Waals surface area contributed by atoms with Gasteiger partial charge in [0.05, 0.1) is 6.54 Å². The number of anilines is 1. The first-order valence-corrected chi connectivity index (χ1v) is 8.10. The molecule has 6 nitrogen and oxygen atoms in total. The van der Waals surface area contributed by atoms with Crippen LogP contribution in [0.2, 0.25) is 0 Å². The number of likely N-dealkylation sites (tertiary alicyclic amines) is 1. The van der Waals surface area contributed by atoms with Gasteiger partial charge in [0.25, 0.3) is 0 Å². The van der Waals surface area contributed by atoms with Crippen LogP contribution in [-0.2, 0) is 9.59 Å². The third kappa shape index (κ3) is 4.75. The zero-order chi connectivity index (χ0) is 17.7. The lowest BCUT2D eigenvalue weighted by atomic mass is 9.90. The molecule has 2 amide bonds. The molecule has 0 bridgehead atoms. The van der Waals surface area contributed by atoms with E-state index >= 15 is 0 Å². The van der Waals surface area contributed by atoms with Crippen LogP contribution in [0.1, 0.15) is 19.8 Å². The minimum absolute atomic E-state index is 0.0359. The average molecular weight is 336 g/mol. The summed E-state index contributed by atoms with van der Waals surface area (Å²) in [7, 11) is 0. The largest absolute Gasteiger partial charge is 0.370 e. The van der Waals surface area contributed by atoms with Gasteiger partial charge in [-0.05, 0) is 49.2 Å². The van der Waals surface area contributed by atoms with Crippen molar-refractivity contribution in [3.63, 3.8) is 0 Å². The van der Waals surface area contributed by atoms with Gasteiger partial charge in [0.1, 0.15) is 5.82 Å². The third-order valence-electron chi connectivity index (χ3n) is 4.51. The summed E-state index contributed by atoms with van der Waals surface area (Å²) in [5.41, 5.74) is 11.6. The van der Waals surface area contributed by atoms with Crippen molar-refractivity contribution in [3.05, 3.63) is 30.1 Å². The molecule has 0 radical (unpaired) electrons. The number of hydrogen-bond acceptors (Lipinski definition) is 4. The van der Waals surface area contributed by atoms with E-state index in [9.17, 15) is 14.0 Å². The summed E-state index contributed by atoms with van der Waals surface area (Å²) >= 11 is 0. The third-order valence-corrected chi connectivity index (χ3v) is 4.51. The maximum atomic E-state index is 13.1. The molecule has 0 spiro atoms. The van der Waals surface area contributed by atoms with Crippen LogP contribution in [0, 0.1) is 11.2 Å². The van der Waals surface area contributed by atoms with Crippen molar-refractivity contribution in [2.24, 2.45) is 16.9 Å². The lowest BCUT2D eigenvalue weighted by Crippen LogP contribution is -2.42. The van der Waals surface area contributed by atoms with Crippen LogP contribution in [0.4, 0.5) is 10.1 Å². The van der Waals surface area contributed by atoms with E-state index in [-0.39, 0.29) is 36.6 Å². The van der Waals surface area contributed by atoms with Crippen molar-refractivity contribution in [1.82, 2.24) is 4.90 Å². The van der Waals surface area contributed by atoms with E-state index in [4.69, 9.17) is 11.5 Å².